The van der Waals surface area contributed by atoms with Crippen LogP contribution in [0.25, 0.3) is 0 Å². The second-order valence-electron chi connectivity index (χ2n) is 6.74. The lowest BCUT2D eigenvalue weighted by atomic mass is 9.65. The number of fused-ring (bicyclic) bond motifs is 2. The van der Waals surface area contributed by atoms with Gasteiger partial charge in [0.1, 0.15) is 11.6 Å². The van der Waals surface area contributed by atoms with Crippen LogP contribution in [0.5, 0.6) is 0 Å². The standard InChI is InChI=1S/C17H17FN2O4S/c1-10-11(8-14(24-10)25(19,22)23)16(21)20-9-17(6-3-7-17)15-12(18)4-2-5-13(15)20/h2,4-5,8H,3,6-7,9H2,1H3,(H2,19,22,23). The Kier molecular flexibility index (Phi) is 3.36. The molecule has 0 saturated heterocycles. The van der Waals surface area contributed by atoms with Gasteiger partial charge in [-0.05, 0) is 31.9 Å². The molecule has 2 N–H and O–H groups in total. The number of furan rings is 1. The van der Waals surface area contributed by atoms with Gasteiger partial charge in [0, 0.05) is 23.6 Å². The van der Waals surface area contributed by atoms with E-state index in [1.807, 2.05) is 0 Å². The Morgan fingerprint density at radius 2 is 2.08 bits per heavy atom. The third kappa shape index (κ3) is 2.31. The number of sulfonamides is 1. The third-order valence-corrected chi connectivity index (χ3v) is 6.00. The number of carbonyl (C=O) groups excluding carboxylic acids is 1. The van der Waals surface area contributed by atoms with E-state index in [1.54, 1.807) is 12.1 Å². The van der Waals surface area contributed by atoms with Crippen LogP contribution in [-0.2, 0) is 15.4 Å². The summed E-state index contributed by atoms with van der Waals surface area (Å²) in [6.45, 7) is 1.89. The van der Waals surface area contributed by atoms with Gasteiger partial charge in [-0.3, -0.25) is 4.79 Å². The van der Waals surface area contributed by atoms with Gasteiger partial charge in [-0.2, -0.15) is 0 Å². The highest BCUT2D eigenvalue weighted by Gasteiger charge is 2.50. The number of halogens is 1. The van der Waals surface area contributed by atoms with E-state index in [-0.39, 0.29) is 22.6 Å². The summed E-state index contributed by atoms with van der Waals surface area (Å²) in [6.07, 6.45) is 2.66. The lowest BCUT2D eigenvalue weighted by Gasteiger charge is -2.39. The van der Waals surface area contributed by atoms with E-state index >= 15 is 0 Å². The molecule has 1 aromatic carbocycles. The molecule has 1 aromatic heterocycles. The van der Waals surface area contributed by atoms with Gasteiger partial charge >= 0.3 is 0 Å². The topological polar surface area (TPSA) is 93.6 Å². The fourth-order valence-electron chi connectivity index (χ4n) is 3.88. The van der Waals surface area contributed by atoms with Crippen molar-refractivity contribution in [3.63, 3.8) is 0 Å². The first-order valence-corrected chi connectivity index (χ1v) is 9.52. The molecule has 1 aliphatic heterocycles. The quantitative estimate of drug-likeness (QED) is 0.886. The fourth-order valence-corrected chi connectivity index (χ4v) is 4.40. The van der Waals surface area contributed by atoms with Crippen molar-refractivity contribution in [1.82, 2.24) is 0 Å². The predicted octanol–water partition coefficient (Wildman–Crippen LogP) is 2.46. The second kappa shape index (κ2) is 5.15. The number of hydrogen-bond acceptors (Lipinski definition) is 4. The van der Waals surface area contributed by atoms with Crippen molar-refractivity contribution >= 4 is 21.6 Å². The van der Waals surface area contributed by atoms with Crippen LogP contribution in [0.3, 0.4) is 0 Å². The number of benzene rings is 1. The number of hydrogen-bond donors (Lipinski definition) is 1. The minimum atomic E-state index is -4.04. The SMILES string of the molecule is Cc1oc(S(N)(=O)=O)cc1C(=O)N1CC2(CCC2)c2c(F)cccc21. The summed E-state index contributed by atoms with van der Waals surface area (Å²) in [4.78, 5) is 14.5. The lowest BCUT2D eigenvalue weighted by molar-refractivity contribution is 0.0977. The normalized spacial score (nSPS) is 18.3. The van der Waals surface area contributed by atoms with E-state index in [0.717, 1.165) is 25.3 Å². The van der Waals surface area contributed by atoms with Gasteiger partial charge < -0.3 is 9.32 Å². The summed E-state index contributed by atoms with van der Waals surface area (Å²) < 4.78 is 42.5. The molecule has 4 rings (SSSR count). The minimum absolute atomic E-state index is 0.121. The van der Waals surface area contributed by atoms with Crippen LogP contribution in [0.2, 0.25) is 0 Å². The van der Waals surface area contributed by atoms with Gasteiger partial charge in [-0.1, -0.05) is 12.5 Å². The van der Waals surface area contributed by atoms with E-state index in [2.05, 4.69) is 0 Å². The molecule has 2 aromatic rings. The highest BCUT2D eigenvalue weighted by molar-refractivity contribution is 7.89. The monoisotopic (exact) mass is 364 g/mol. The molecule has 8 heteroatoms. The number of primary sulfonamides is 1. The maximum absolute atomic E-state index is 14.4. The summed E-state index contributed by atoms with van der Waals surface area (Å²) in [7, 11) is -4.04. The van der Waals surface area contributed by atoms with Crippen molar-refractivity contribution in [2.45, 2.75) is 36.7 Å². The number of amides is 1. The molecule has 1 spiro atoms. The van der Waals surface area contributed by atoms with E-state index in [4.69, 9.17) is 9.56 Å². The van der Waals surface area contributed by atoms with Crippen LogP contribution < -0.4 is 10.0 Å². The summed E-state index contributed by atoms with van der Waals surface area (Å²) in [5, 5.41) is 4.61. The molecule has 0 atom stereocenters. The van der Waals surface area contributed by atoms with Gasteiger partial charge in [0.05, 0.1) is 11.3 Å². The number of anilines is 1. The van der Waals surface area contributed by atoms with Crippen molar-refractivity contribution in [3.8, 4) is 0 Å². The minimum Gasteiger partial charge on any atom is -0.448 e. The number of nitrogens with zero attached hydrogens (tertiary/aromatic N) is 1. The number of carbonyl (C=O) groups is 1. The van der Waals surface area contributed by atoms with Gasteiger partial charge in [0.25, 0.3) is 15.9 Å². The lowest BCUT2D eigenvalue weighted by Crippen LogP contribution is -2.41. The Hall–Kier alpha value is -2.19. The number of rotatable bonds is 2. The van der Waals surface area contributed by atoms with Gasteiger partial charge in [0.15, 0.2) is 0 Å². The van der Waals surface area contributed by atoms with Crippen LogP contribution in [0.15, 0.2) is 33.8 Å². The van der Waals surface area contributed by atoms with Gasteiger partial charge in [-0.25, -0.2) is 17.9 Å². The highest BCUT2D eigenvalue weighted by Crippen LogP contribution is 2.53. The van der Waals surface area contributed by atoms with Crippen molar-refractivity contribution in [2.24, 2.45) is 5.14 Å². The Morgan fingerprint density at radius 1 is 1.36 bits per heavy atom. The molecular weight excluding hydrogens is 347 g/mol. The molecule has 25 heavy (non-hydrogen) atoms. The smallest absolute Gasteiger partial charge is 0.271 e. The van der Waals surface area contributed by atoms with Crippen molar-refractivity contribution in [3.05, 3.63) is 47.0 Å². The molecule has 1 aliphatic carbocycles. The maximum Gasteiger partial charge on any atom is 0.271 e. The first kappa shape index (κ1) is 16.3. The summed E-state index contributed by atoms with van der Waals surface area (Å²) in [5.74, 6) is -0.546. The van der Waals surface area contributed by atoms with E-state index in [1.165, 1.54) is 17.9 Å². The van der Waals surface area contributed by atoms with Crippen molar-refractivity contribution in [1.29, 1.82) is 0 Å². The van der Waals surface area contributed by atoms with Crippen LogP contribution >= 0.6 is 0 Å². The van der Waals surface area contributed by atoms with Gasteiger partial charge in [0.2, 0.25) is 5.09 Å². The number of nitrogens with two attached hydrogens (primary N) is 1. The van der Waals surface area contributed by atoms with E-state index in [9.17, 15) is 17.6 Å². The van der Waals surface area contributed by atoms with Crippen LogP contribution in [-0.4, -0.2) is 20.9 Å². The molecule has 0 radical (unpaired) electrons. The molecule has 0 unspecified atom stereocenters. The molecule has 0 bridgehead atoms. The Morgan fingerprint density at radius 3 is 2.64 bits per heavy atom. The maximum atomic E-state index is 14.4. The molecular formula is C17H17FN2O4S. The number of aryl methyl sites for hydroxylation is 1. The molecule has 6 nitrogen and oxygen atoms in total. The van der Waals surface area contributed by atoms with Gasteiger partial charge in [-0.15, -0.1) is 0 Å². The van der Waals surface area contributed by atoms with Crippen molar-refractivity contribution < 1.29 is 22.0 Å². The highest BCUT2D eigenvalue weighted by atomic mass is 32.2. The molecule has 1 amide bonds. The van der Waals surface area contributed by atoms with Crippen LogP contribution in [0, 0.1) is 12.7 Å². The zero-order valence-electron chi connectivity index (χ0n) is 13.6. The molecule has 1 saturated carbocycles. The average Bonchev–Trinajstić information content (AvgIpc) is 3.05. The molecule has 1 fully saturated rings. The summed E-state index contributed by atoms with van der Waals surface area (Å²) in [6, 6.07) is 5.84. The Labute approximate surface area is 144 Å². The van der Waals surface area contributed by atoms with Crippen LogP contribution in [0.1, 0.15) is 40.9 Å². The summed E-state index contributed by atoms with van der Waals surface area (Å²) in [5.41, 5.74) is 0.914. The third-order valence-electron chi connectivity index (χ3n) is 5.24. The summed E-state index contributed by atoms with van der Waals surface area (Å²) >= 11 is 0. The largest absolute Gasteiger partial charge is 0.448 e. The molecule has 2 aliphatic rings. The predicted molar refractivity (Wildman–Crippen MR) is 88.4 cm³/mol. The van der Waals surface area contributed by atoms with Crippen LogP contribution in [0.4, 0.5) is 10.1 Å². The zero-order chi connectivity index (χ0) is 18.0. The molecule has 2 heterocycles. The average molecular weight is 364 g/mol. The first-order chi connectivity index (χ1) is 11.7. The van der Waals surface area contributed by atoms with Crippen molar-refractivity contribution in [2.75, 3.05) is 11.4 Å². The fraction of sp³-hybridized carbons (Fsp3) is 0.353. The van der Waals surface area contributed by atoms with E-state index < -0.39 is 21.0 Å². The first-order valence-electron chi connectivity index (χ1n) is 7.97. The molecule has 132 valence electrons. The second-order valence-corrected chi connectivity index (χ2v) is 8.23. The zero-order valence-corrected chi connectivity index (χ0v) is 14.4. The Bertz CT molecular complexity index is 992. The Balaban J connectivity index is 1.78. The van der Waals surface area contributed by atoms with E-state index in [0.29, 0.717) is 17.8 Å².